The molecule has 0 saturated heterocycles. The molecule has 0 atom stereocenters. The Balaban J connectivity index is 2.20. The second kappa shape index (κ2) is 8.16. The molecule has 4 N–H and O–H groups in total. The van der Waals surface area contributed by atoms with Gasteiger partial charge in [-0.05, 0) is 18.6 Å². The third-order valence-corrected chi connectivity index (χ3v) is 3.56. The number of rotatable bonds is 7. The first-order chi connectivity index (χ1) is 9.51. The van der Waals surface area contributed by atoms with Gasteiger partial charge in [0.15, 0.2) is 0 Å². The maximum Gasteiger partial charge on any atom is 0.322 e. The van der Waals surface area contributed by atoms with Crippen LogP contribution >= 0.6 is 11.3 Å². The Labute approximate surface area is 120 Å². The van der Waals surface area contributed by atoms with Crippen molar-refractivity contribution in [3.8, 4) is 0 Å². The number of urea groups is 1. The largest absolute Gasteiger partial charge is 0.480 e. The normalized spacial score (nSPS) is 9.85. The molecule has 0 unspecified atom stereocenters. The predicted octanol–water partition coefficient (Wildman–Crippen LogP) is 0.311. The number of aliphatic carboxylic acids is 1. The maximum atomic E-state index is 11.4. The van der Waals surface area contributed by atoms with Crippen LogP contribution in [0.1, 0.15) is 16.7 Å². The van der Waals surface area contributed by atoms with Gasteiger partial charge in [0.1, 0.15) is 6.54 Å². The van der Waals surface area contributed by atoms with Gasteiger partial charge in [-0.15, -0.1) is 11.3 Å². The molecule has 1 heterocycles. The lowest BCUT2D eigenvalue weighted by Gasteiger charge is -2.06. The average molecular weight is 299 g/mol. The summed E-state index contributed by atoms with van der Waals surface area (Å²) in [6.45, 7) is 1.74. The minimum absolute atomic E-state index is 0.260. The highest BCUT2D eigenvalue weighted by molar-refractivity contribution is 7.11. The van der Waals surface area contributed by atoms with E-state index in [9.17, 15) is 14.4 Å². The standard InChI is InChI=1S/C12H17N3O4S/c1-2-8-3-4-9(20-8)5-14-12(19)15-6-10(16)13-7-11(17)18/h3-4H,2,5-7H2,1H3,(H,13,16)(H,17,18)(H2,14,15,19). The number of carboxylic acids is 1. The topological polar surface area (TPSA) is 108 Å². The number of hydrogen-bond donors (Lipinski definition) is 4. The summed E-state index contributed by atoms with van der Waals surface area (Å²) in [6.07, 6.45) is 0.959. The van der Waals surface area contributed by atoms with Gasteiger partial charge in [0.25, 0.3) is 0 Å². The summed E-state index contributed by atoms with van der Waals surface area (Å²) in [6, 6.07) is 3.49. The van der Waals surface area contributed by atoms with Crippen molar-refractivity contribution in [3.63, 3.8) is 0 Å². The summed E-state index contributed by atoms with van der Waals surface area (Å²) in [5.41, 5.74) is 0. The third kappa shape index (κ3) is 6.19. The molecule has 1 aromatic rings. The van der Waals surface area contributed by atoms with Crippen molar-refractivity contribution < 1.29 is 19.5 Å². The van der Waals surface area contributed by atoms with E-state index in [-0.39, 0.29) is 6.54 Å². The van der Waals surface area contributed by atoms with E-state index in [2.05, 4.69) is 22.9 Å². The second-order valence-corrected chi connectivity index (χ2v) is 5.18. The van der Waals surface area contributed by atoms with Crippen LogP contribution in [-0.4, -0.2) is 36.1 Å². The number of carboxylic acid groups (broad SMARTS) is 1. The van der Waals surface area contributed by atoms with Crippen LogP contribution in [0.5, 0.6) is 0 Å². The van der Waals surface area contributed by atoms with Gasteiger partial charge in [-0.25, -0.2) is 4.79 Å². The number of carbonyl (C=O) groups excluding carboxylic acids is 2. The Morgan fingerprint density at radius 1 is 1.10 bits per heavy atom. The Morgan fingerprint density at radius 2 is 1.80 bits per heavy atom. The molecule has 1 rings (SSSR count). The summed E-state index contributed by atoms with van der Waals surface area (Å²) in [4.78, 5) is 35.1. The van der Waals surface area contributed by atoms with E-state index < -0.39 is 24.5 Å². The number of nitrogens with one attached hydrogen (secondary N) is 3. The highest BCUT2D eigenvalue weighted by atomic mass is 32.1. The van der Waals surface area contributed by atoms with Crippen LogP contribution in [-0.2, 0) is 22.6 Å². The molecule has 0 fully saturated rings. The van der Waals surface area contributed by atoms with Gasteiger partial charge in [0.05, 0.1) is 13.1 Å². The summed E-state index contributed by atoms with van der Waals surface area (Å²) >= 11 is 1.62. The molecule has 20 heavy (non-hydrogen) atoms. The lowest BCUT2D eigenvalue weighted by molar-refractivity contribution is -0.137. The Kier molecular flexibility index (Phi) is 6.51. The lowest BCUT2D eigenvalue weighted by atomic mass is 10.4. The summed E-state index contributed by atoms with van der Waals surface area (Å²) < 4.78 is 0. The van der Waals surface area contributed by atoms with Crippen LogP contribution in [0.15, 0.2) is 12.1 Å². The van der Waals surface area contributed by atoms with E-state index in [1.807, 2.05) is 12.1 Å². The van der Waals surface area contributed by atoms with Crippen molar-refractivity contribution >= 4 is 29.2 Å². The van der Waals surface area contributed by atoms with E-state index in [4.69, 9.17) is 5.11 Å². The molecule has 0 saturated carbocycles. The van der Waals surface area contributed by atoms with Crippen LogP contribution in [0, 0.1) is 0 Å². The van der Waals surface area contributed by atoms with Crippen LogP contribution in [0.25, 0.3) is 0 Å². The third-order valence-electron chi connectivity index (χ3n) is 2.34. The van der Waals surface area contributed by atoms with Gasteiger partial charge in [0.2, 0.25) is 5.91 Å². The zero-order chi connectivity index (χ0) is 15.0. The van der Waals surface area contributed by atoms with E-state index >= 15 is 0 Å². The molecule has 0 aliphatic carbocycles. The molecule has 0 radical (unpaired) electrons. The molecule has 0 aromatic carbocycles. The summed E-state index contributed by atoms with van der Waals surface area (Å²) in [5, 5.41) is 15.5. The number of carbonyl (C=O) groups is 3. The van der Waals surface area contributed by atoms with Crippen molar-refractivity contribution in [1.82, 2.24) is 16.0 Å². The zero-order valence-corrected chi connectivity index (χ0v) is 11.9. The number of thiophene rings is 1. The highest BCUT2D eigenvalue weighted by Crippen LogP contribution is 2.16. The molecular formula is C12H17N3O4S. The number of aryl methyl sites for hydroxylation is 1. The fourth-order valence-electron chi connectivity index (χ4n) is 1.33. The molecule has 0 bridgehead atoms. The van der Waals surface area contributed by atoms with Crippen molar-refractivity contribution in [2.75, 3.05) is 13.1 Å². The fraction of sp³-hybridized carbons (Fsp3) is 0.417. The number of amides is 3. The quantitative estimate of drug-likeness (QED) is 0.581. The van der Waals surface area contributed by atoms with Crippen LogP contribution in [0.2, 0.25) is 0 Å². The first-order valence-electron chi connectivity index (χ1n) is 6.09. The van der Waals surface area contributed by atoms with E-state index in [0.29, 0.717) is 6.54 Å². The van der Waals surface area contributed by atoms with Crippen molar-refractivity contribution in [1.29, 1.82) is 0 Å². The van der Waals surface area contributed by atoms with E-state index in [0.717, 1.165) is 11.3 Å². The smallest absolute Gasteiger partial charge is 0.322 e. The second-order valence-electron chi connectivity index (χ2n) is 3.93. The van der Waals surface area contributed by atoms with Crippen molar-refractivity contribution in [2.45, 2.75) is 19.9 Å². The molecule has 110 valence electrons. The highest BCUT2D eigenvalue weighted by Gasteiger charge is 2.07. The first kappa shape index (κ1) is 16.0. The molecule has 8 heteroatoms. The van der Waals surface area contributed by atoms with Gasteiger partial charge in [-0.1, -0.05) is 6.92 Å². The Bertz CT molecular complexity index is 487. The molecule has 0 aliphatic heterocycles. The van der Waals surface area contributed by atoms with Gasteiger partial charge >= 0.3 is 12.0 Å². The number of hydrogen-bond acceptors (Lipinski definition) is 4. The predicted molar refractivity (Wildman–Crippen MR) is 74.6 cm³/mol. The SMILES string of the molecule is CCc1ccc(CNC(=O)NCC(=O)NCC(=O)O)s1. The van der Waals surface area contributed by atoms with Gasteiger partial charge in [-0.3, -0.25) is 9.59 Å². The van der Waals surface area contributed by atoms with Crippen molar-refractivity contribution in [2.24, 2.45) is 0 Å². The van der Waals surface area contributed by atoms with Crippen molar-refractivity contribution in [3.05, 3.63) is 21.9 Å². The maximum absolute atomic E-state index is 11.4. The zero-order valence-electron chi connectivity index (χ0n) is 11.1. The van der Waals surface area contributed by atoms with Crippen LogP contribution < -0.4 is 16.0 Å². The Morgan fingerprint density at radius 3 is 2.40 bits per heavy atom. The summed E-state index contributed by atoms with van der Waals surface area (Å²) in [7, 11) is 0. The van der Waals surface area contributed by atoms with Gasteiger partial charge < -0.3 is 21.1 Å². The summed E-state index contributed by atoms with van der Waals surface area (Å²) in [5.74, 6) is -1.68. The molecular weight excluding hydrogens is 282 g/mol. The van der Waals surface area contributed by atoms with Gasteiger partial charge in [-0.2, -0.15) is 0 Å². The molecule has 1 aromatic heterocycles. The van der Waals surface area contributed by atoms with E-state index in [1.165, 1.54) is 4.88 Å². The van der Waals surface area contributed by atoms with Crippen LogP contribution in [0.3, 0.4) is 0 Å². The lowest BCUT2D eigenvalue weighted by Crippen LogP contribution is -2.42. The monoisotopic (exact) mass is 299 g/mol. The minimum atomic E-state index is -1.13. The molecule has 0 aliphatic rings. The van der Waals surface area contributed by atoms with E-state index in [1.54, 1.807) is 11.3 Å². The molecule has 7 nitrogen and oxygen atoms in total. The molecule has 0 spiro atoms. The molecule has 3 amide bonds. The van der Waals surface area contributed by atoms with Gasteiger partial charge in [0, 0.05) is 9.75 Å². The van der Waals surface area contributed by atoms with Crippen LogP contribution in [0.4, 0.5) is 4.79 Å². The average Bonchev–Trinajstić information content (AvgIpc) is 2.88. The fourth-order valence-corrected chi connectivity index (χ4v) is 2.23. The minimum Gasteiger partial charge on any atom is -0.480 e. The Hall–Kier alpha value is -2.09. The first-order valence-corrected chi connectivity index (χ1v) is 6.90.